The number of aliphatic hydroxyl groups excluding tert-OH is 1. The SMILES string of the molecule is CC(C)CCC(O)C1(CC(C)C)CCCC1. The lowest BCUT2D eigenvalue weighted by molar-refractivity contribution is 0.00376. The molecule has 0 aromatic heterocycles. The first kappa shape index (κ1) is 14.0. The first-order valence-electron chi connectivity index (χ1n) is 7.14. The van der Waals surface area contributed by atoms with E-state index in [0.717, 1.165) is 6.42 Å². The lowest BCUT2D eigenvalue weighted by Gasteiger charge is -2.36. The summed E-state index contributed by atoms with van der Waals surface area (Å²) in [7, 11) is 0. The molecule has 0 aromatic rings. The first-order valence-corrected chi connectivity index (χ1v) is 7.14. The highest BCUT2D eigenvalue weighted by molar-refractivity contribution is 4.91. The molecule has 16 heavy (non-hydrogen) atoms. The van der Waals surface area contributed by atoms with Crippen molar-refractivity contribution >= 4 is 0 Å². The third-order valence-corrected chi connectivity index (χ3v) is 4.14. The van der Waals surface area contributed by atoms with Gasteiger partial charge < -0.3 is 5.11 Å². The van der Waals surface area contributed by atoms with Gasteiger partial charge in [0.25, 0.3) is 0 Å². The Bertz CT molecular complexity index is 190. The molecule has 0 aliphatic heterocycles. The maximum absolute atomic E-state index is 10.5. The summed E-state index contributed by atoms with van der Waals surface area (Å²) in [5.41, 5.74) is 0.267. The van der Waals surface area contributed by atoms with E-state index in [-0.39, 0.29) is 11.5 Å². The van der Waals surface area contributed by atoms with Gasteiger partial charge in [-0.15, -0.1) is 0 Å². The molecule has 1 N–H and O–H groups in total. The van der Waals surface area contributed by atoms with Crippen LogP contribution < -0.4 is 0 Å². The van der Waals surface area contributed by atoms with Crippen molar-refractivity contribution in [1.29, 1.82) is 0 Å². The Balaban J connectivity index is 2.54. The number of aliphatic hydroxyl groups is 1. The van der Waals surface area contributed by atoms with E-state index < -0.39 is 0 Å². The zero-order chi connectivity index (χ0) is 12.2. The summed E-state index contributed by atoms with van der Waals surface area (Å²) in [6, 6.07) is 0. The third-order valence-electron chi connectivity index (χ3n) is 4.14. The lowest BCUT2D eigenvalue weighted by Crippen LogP contribution is -2.34. The smallest absolute Gasteiger partial charge is 0.0596 e. The molecular formula is C15H30O. The molecule has 1 atom stereocenters. The van der Waals surface area contributed by atoms with Crippen LogP contribution in [-0.2, 0) is 0 Å². The first-order chi connectivity index (χ1) is 7.46. The van der Waals surface area contributed by atoms with Crippen LogP contribution in [0.1, 0.15) is 72.6 Å². The van der Waals surface area contributed by atoms with Gasteiger partial charge in [-0.05, 0) is 49.4 Å². The minimum Gasteiger partial charge on any atom is -0.393 e. The van der Waals surface area contributed by atoms with Crippen LogP contribution >= 0.6 is 0 Å². The van der Waals surface area contributed by atoms with Crippen molar-refractivity contribution < 1.29 is 5.11 Å². The van der Waals surface area contributed by atoms with Gasteiger partial charge in [-0.2, -0.15) is 0 Å². The zero-order valence-corrected chi connectivity index (χ0v) is 11.6. The summed E-state index contributed by atoms with van der Waals surface area (Å²) in [6.07, 6.45) is 8.49. The van der Waals surface area contributed by atoms with Gasteiger partial charge in [-0.3, -0.25) is 0 Å². The maximum atomic E-state index is 10.5. The second-order valence-corrected chi connectivity index (χ2v) is 6.65. The normalized spacial score (nSPS) is 21.9. The Labute approximate surface area is 102 Å². The van der Waals surface area contributed by atoms with Crippen molar-refractivity contribution in [3.63, 3.8) is 0 Å². The summed E-state index contributed by atoms with van der Waals surface area (Å²) in [4.78, 5) is 0. The van der Waals surface area contributed by atoms with Crippen molar-refractivity contribution in [1.82, 2.24) is 0 Å². The van der Waals surface area contributed by atoms with Crippen LogP contribution in [0.2, 0.25) is 0 Å². The summed E-state index contributed by atoms with van der Waals surface area (Å²) in [6.45, 7) is 9.07. The van der Waals surface area contributed by atoms with Crippen molar-refractivity contribution in [3.05, 3.63) is 0 Å². The zero-order valence-electron chi connectivity index (χ0n) is 11.6. The summed E-state index contributed by atoms with van der Waals surface area (Å²) < 4.78 is 0. The minimum absolute atomic E-state index is 0.0557. The van der Waals surface area contributed by atoms with Gasteiger partial charge in [0.2, 0.25) is 0 Å². The molecule has 1 rings (SSSR count). The van der Waals surface area contributed by atoms with Crippen molar-refractivity contribution in [2.24, 2.45) is 17.3 Å². The lowest BCUT2D eigenvalue weighted by atomic mass is 9.72. The summed E-state index contributed by atoms with van der Waals surface area (Å²) in [5, 5.41) is 10.5. The molecule has 1 aliphatic carbocycles. The molecule has 0 aromatic carbocycles. The van der Waals surface area contributed by atoms with Crippen LogP contribution in [0, 0.1) is 17.3 Å². The van der Waals surface area contributed by atoms with Gasteiger partial charge in [0.1, 0.15) is 0 Å². The van der Waals surface area contributed by atoms with Gasteiger partial charge in [-0.1, -0.05) is 40.5 Å². The fraction of sp³-hybridized carbons (Fsp3) is 1.00. The second-order valence-electron chi connectivity index (χ2n) is 6.65. The van der Waals surface area contributed by atoms with E-state index in [1.165, 1.54) is 38.5 Å². The fourth-order valence-electron chi connectivity index (χ4n) is 3.36. The molecule has 1 nitrogen and oxygen atoms in total. The van der Waals surface area contributed by atoms with Crippen LogP contribution in [0.5, 0.6) is 0 Å². The van der Waals surface area contributed by atoms with Crippen molar-refractivity contribution in [2.45, 2.75) is 78.7 Å². The molecule has 0 spiro atoms. The minimum atomic E-state index is -0.0557. The Hall–Kier alpha value is -0.0400. The summed E-state index contributed by atoms with van der Waals surface area (Å²) >= 11 is 0. The molecule has 0 heterocycles. The van der Waals surface area contributed by atoms with Crippen molar-refractivity contribution in [2.75, 3.05) is 0 Å². The number of rotatable bonds is 6. The molecule has 1 saturated carbocycles. The van der Waals surface area contributed by atoms with Gasteiger partial charge in [0, 0.05) is 0 Å². The Morgan fingerprint density at radius 1 is 0.938 bits per heavy atom. The molecule has 1 fully saturated rings. The fourth-order valence-corrected chi connectivity index (χ4v) is 3.36. The second kappa shape index (κ2) is 6.05. The standard InChI is InChI=1S/C15H30O/c1-12(2)7-8-14(16)15(11-13(3)4)9-5-6-10-15/h12-14,16H,5-11H2,1-4H3. The highest BCUT2D eigenvalue weighted by Crippen LogP contribution is 2.47. The van der Waals surface area contributed by atoms with Crippen LogP contribution in [0.15, 0.2) is 0 Å². The van der Waals surface area contributed by atoms with Crippen LogP contribution in [0.4, 0.5) is 0 Å². The van der Waals surface area contributed by atoms with Gasteiger partial charge >= 0.3 is 0 Å². The molecule has 1 heteroatoms. The monoisotopic (exact) mass is 226 g/mol. The average molecular weight is 226 g/mol. The van der Waals surface area contributed by atoms with Crippen LogP contribution in [-0.4, -0.2) is 11.2 Å². The maximum Gasteiger partial charge on any atom is 0.0596 e. The predicted molar refractivity (Wildman–Crippen MR) is 70.4 cm³/mol. The Morgan fingerprint density at radius 3 is 1.94 bits per heavy atom. The van der Waals surface area contributed by atoms with Crippen LogP contribution in [0.3, 0.4) is 0 Å². The molecule has 0 amide bonds. The van der Waals surface area contributed by atoms with E-state index >= 15 is 0 Å². The molecule has 1 unspecified atom stereocenters. The van der Waals surface area contributed by atoms with Gasteiger partial charge in [0.05, 0.1) is 6.10 Å². The predicted octanol–water partition coefficient (Wildman–Crippen LogP) is 4.39. The van der Waals surface area contributed by atoms with E-state index in [2.05, 4.69) is 27.7 Å². The van der Waals surface area contributed by atoms with E-state index in [1.807, 2.05) is 0 Å². The average Bonchev–Trinajstić information content (AvgIpc) is 2.62. The topological polar surface area (TPSA) is 20.2 Å². The molecular weight excluding hydrogens is 196 g/mol. The Kier molecular flexibility index (Phi) is 5.30. The molecule has 0 bridgehead atoms. The van der Waals surface area contributed by atoms with E-state index in [0.29, 0.717) is 11.8 Å². The third kappa shape index (κ3) is 3.76. The van der Waals surface area contributed by atoms with E-state index in [1.54, 1.807) is 0 Å². The van der Waals surface area contributed by atoms with E-state index in [4.69, 9.17) is 0 Å². The molecule has 0 radical (unpaired) electrons. The Morgan fingerprint density at radius 2 is 1.50 bits per heavy atom. The van der Waals surface area contributed by atoms with Crippen LogP contribution in [0.25, 0.3) is 0 Å². The largest absolute Gasteiger partial charge is 0.393 e. The van der Waals surface area contributed by atoms with Gasteiger partial charge in [0.15, 0.2) is 0 Å². The number of hydrogen-bond donors (Lipinski definition) is 1. The highest BCUT2D eigenvalue weighted by atomic mass is 16.3. The molecule has 96 valence electrons. The quantitative estimate of drug-likeness (QED) is 0.712. The molecule has 1 aliphatic rings. The molecule has 0 saturated heterocycles. The van der Waals surface area contributed by atoms with Crippen molar-refractivity contribution in [3.8, 4) is 0 Å². The van der Waals surface area contributed by atoms with E-state index in [9.17, 15) is 5.11 Å². The highest BCUT2D eigenvalue weighted by Gasteiger charge is 2.40. The van der Waals surface area contributed by atoms with Gasteiger partial charge in [-0.25, -0.2) is 0 Å². The number of hydrogen-bond acceptors (Lipinski definition) is 1. The summed E-state index contributed by atoms with van der Waals surface area (Å²) in [5.74, 6) is 1.43.